The Labute approximate surface area is 80.1 Å². The van der Waals surface area contributed by atoms with Crippen LogP contribution in [0.1, 0.15) is 53.9 Å². The maximum absolute atomic E-state index is 5.14. The van der Waals surface area contributed by atoms with Crippen LogP contribution in [-0.2, 0) is 0 Å². The van der Waals surface area contributed by atoms with Crippen LogP contribution in [0.15, 0.2) is 13.2 Å². The molecular weight excluding hydrogens is 146 g/mol. The summed E-state index contributed by atoms with van der Waals surface area (Å²) in [6, 6.07) is 0. The molecule has 0 bridgehead atoms. The van der Waals surface area contributed by atoms with Crippen molar-refractivity contribution >= 4 is 0 Å². The van der Waals surface area contributed by atoms with E-state index in [0.29, 0.717) is 0 Å². The Morgan fingerprint density at radius 2 is 1.25 bits per heavy atom. The van der Waals surface area contributed by atoms with Crippen molar-refractivity contribution in [1.82, 2.24) is 0 Å². The van der Waals surface area contributed by atoms with E-state index in [1.807, 2.05) is 13.8 Å². The fourth-order valence-electron chi connectivity index (χ4n) is 0.204. The molecule has 0 aliphatic heterocycles. The van der Waals surface area contributed by atoms with Crippen molar-refractivity contribution in [1.29, 1.82) is 0 Å². The zero-order valence-electron chi connectivity index (χ0n) is 9.82. The molecule has 0 radical (unpaired) electrons. The van der Waals surface area contributed by atoms with E-state index in [1.54, 1.807) is 0 Å². The van der Waals surface area contributed by atoms with Gasteiger partial charge in [0.1, 0.15) is 0 Å². The van der Waals surface area contributed by atoms with Crippen LogP contribution in [0.25, 0.3) is 0 Å². The average molecular weight is 175 g/mol. The lowest BCUT2D eigenvalue weighted by Crippen LogP contribution is -1.95. The smallest absolute Gasteiger partial charge is 0.00774 e. The van der Waals surface area contributed by atoms with Gasteiger partial charge in [0.15, 0.2) is 0 Å². The van der Waals surface area contributed by atoms with Crippen LogP contribution in [0.5, 0.6) is 0 Å². The Kier molecular flexibility index (Phi) is 138. The highest BCUT2D eigenvalue weighted by molar-refractivity contribution is 4.29. The van der Waals surface area contributed by atoms with Crippen LogP contribution in [-0.4, -0.2) is 6.54 Å². The largest absolute Gasteiger partial charge is 0.330 e. The molecule has 0 aliphatic rings. The zero-order valence-corrected chi connectivity index (χ0v) is 9.82. The SMILES string of the molecule is C=C.CC.CCC.CCCCN. The Balaban J connectivity index is -0.0000000397. The fourth-order valence-corrected chi connectivity index (χ4v) is 0.204. The summed E-state index contributed by atoms with van der Waals surface area (Å²) in [6.45, 7) is 17.2. The number of unbranched alkanes of at least 4 members (excludes halogenated alkanes) is 1. The van der Waals surface area contributed by atoms with Crippen molar-refractivity contribution < 1.29 is 0 Å². The third kappa shape index (κ3) is 254. The first-order valence-electron chi connectivity index (χ1n) is 5.03. The Morgan fingerprint density at radius 1 is 1.00 bits per heavy atom. The molecule has 0 atom stereocenters. The van der Waals surface area contributed by atoms with Crippen LogP contribution in [0.2, 0.25) is 0 Å². The van der Waals surface area contributed by atoms with Crippen molar-refractivity contribution in [3.8, 4) is 0 Å². The summed E-state index contributed by atoms with van der Waals surface area (Å²) in [6.07, 6.45) is 3.64. The second-order valence-electron chi connectivity index (χ2n) is 1.85. The Morgan fingerprint density at radius 3 is 1.25 bits per heavy atom. The molecule has 2 N–H and O–H groups in total. The second-order valence-corrected chi connectivity index (χ2v) is 1.85. The zero-order chi connectivity index (χ0) is 10.8. The molecule has 0 aromatic carbocycles. The third-order valence-electron chi connectivity index (χ3n) is 0.558. The first-order chi connectivity index (χ1) is 5.83. The molecule has 1 heteroatoms. The highest BCUT2D eigenvalue weighted by atomic mass is 14.5. The molecule has 0 fully saturated rings. The third-order valence-corrected chi connectivity index (χ3v) is 0.558. The van der Waals surface area contributed by atoms with E-state index in [2.05, 4.69) is 33.9 Å². The summed E-state index contributed by atoms with van der Waals surface area (Å²) in [4.78, 5) is 0. The van der Waals surface area contributed by atoms with Gasteiger partial charge in [-0.3, -0.25) is 0 Å². The lowest BCUT2D eigenvalue weighted by molar-refractivity contribution is 0.807. The van der Waals surface area contributed by atoms with Gasteiger partial charge >= 0.3 is 0 Å². The first kappa shape index (κ1) is 22.6. The van der Waals surface area contributed by atoms with E-state index in [4.69, 9.17) is 5.73 Å². The minimum atomic E-state index is 0.844. The molecule has 0 rings (SSSR count). The van der Waals surface area contributed by atoms with E-state index in [0.717, 1.165) is 6.54 Å². The maximum Gasteiger partial charge on any atom is -0.00774 e. The first-order valence-corrected chi connectivity index (χ1v) is 5.03. The minimum absolute atomic E-state index is 0.844. The second kappa shape index (κ2) is 73.5. The van der Waals surface area contributed by atoms with E-state index in [-0.39, 0.29) is 0 Å². The molecule has 0 aromatic rings. The van der Waals surface area contributed by atoms with Gasteiger partial charge in [-0.1, -0.05) is 47.5 Å². The van der Waals surface area contributed by atoms with Gasteiger partial charge in [0.05, 0.1) is 0 Å². The summed E-state index contributed by atoms with van der Waals surface area (Å²) in [5, 5.41) is 0. The van der Waals surface area contributed by atoms with E-state index < -0.39 is 0 Å². The topological polar surface area (TPSA) is 26.0 Å². The van der Waals surface area contributed by atoms with Crippen molar-refractivity contribution in [3.05, 3.63) is 13.2 Å². The predicted octanol–water partition coefficient (Wildman–Crippen LogP) is 3.99. The lowest BCUT2D eigenvalue weighted by Gasteiger charge is -1.80. The van der Waals surface area contributed by atoms with Gasteiger partial charge in [-0.25, -0.2) is 0 Å². The van der Waals surface area contributed by atoms with Gasteiger partial charge in [0.25, 0.3) is 0 Å². The number of rotatable bonds is 2. The molecule has 0 saturated heterocycles. The molecule has 0 amide bonds. The summed E-state index contributed by atoms with van der Waals surface area (Å²) < 4.78 is 0. The lowest BCUT2D eigenvalue weighted by atomic mass is 10.3. The molecular formula is C11H29N. The number of hydrogen-bond donors (Lipinski definition) is 1. The van der Waals surface area contributed by atoms with Crippen molar-refractivity contribution in [2.45, 2.75) is 53.9 Å². The van der Waals surface area contributed by atoms with Gasteiger partial charge in [-0.15, -0.1) is 13.2 Å². The van der Waals surface area contributed by atoms with E-state index in [1.165, 1.54) is 19.3 Å². The summed E-state index contributed by atoms with van der Waals surface area (Å²) in [5.74, 6) is 0. The minimum Gasteiger partial charge on any atom is -0.330 e. The molecule has 0 unspecified atom stereocenters. The van der Waals surface area contributed by atoms with Crippen molar-refractivity contribution in [3.63, 3.8) is 0 Å². The summed E-state index contributed by atoms with van der Waals surface area (Å²) in [7, 11) is 0. The van der Waals surface area contributed by atoms with Gasteiger partial charge < -0.3 is 5.73 Å². The molecule has 1 nitrogen and oxygen atoms in total. The Bertz CT molecular complexity index is 26.2. The monoisotopic (exact) mass is 175 g/mol. The number of nitrogens with two attached hydrogens (primary N) is 1. The van der Waals surface area contributed by atoms with Crippen molar-refractivity contribution in [2.24, 2.45) is 5.73 Å². The van der Waals surface area contributed by atoms with Gasteiger partial charge in [-0.05, 0) is 13.0 Å². The summed E-state index contributed by atoms with van der Waals surface area (Å²) in [5.41, 5.74) is 5.14. The predicted molar refractivity (Wildman–Crippen MR) is 62.5 cm³/mol. The van der Waals surface area contributed by atoms with Gasteiger partial charge in [0, 0.05) is 0 Å². The quantitative estimate of drug-likeness (QED) is 0.631. The standard InChI is InChI=1S/C4H11N.C3H8.C2H6.C2H4/c1-2-3-4-5;1-3-2;2*1-2/h2-5H2,1H3;3H2,1-2H3;1-2H3;1-2H2. The highest BCUT2D eigenvalue weighted by Crippen LogP contribution is 1.77. The van der Waals surface area contributed by atoms with Crippen LogP contribution in [0.4, 0.5) is 0 Å². The molecule has 0 aliphatic carbocycles. The van der Waals surface area contributed by atoms with Gasteiger partial charge in [-0.2, -0.15) is 0 Å². The molecule has 0 saturated carbocycles. The maximum atomic E-state index is 5.14. The summed E-state index contributed by atoms with van der Waals surface area (Å²) >= 11 is 0. The molecule has 12 heavy (non-hydrogen) atoms. The molecule has 0 spiro atoms. The highest BCUT2D eigenvalue weighted by Gasteiger charge is 1.67. The number of hydrogen-bond acceptors (Lipinski definition) is 1. The van der Waals surface area contributed by atoms with Gasteiger partial charge in [0.2, 0.25) is 0 Å². The van der Waals surface area contributed by atoms with E-state index in [9.17, 15) is 0 Å². The average Bonchev–Trinajstić information content (AvgIpc) is 2.14. The van der Waals surface area contributed by atoms with Crippen LogP contribution >= 0.6 is 0 Å². The molecule has 78 valence electrons. The fraction of sp³-hybridized carbons (Fsp3) is 0.818. The van der Waals surface area contributed by atoms with Crippen LogP contribution in [0, 0.1) is 0 Å². The molecule has 0 aromatic heterocycles. The van der Waals surface area contributed by atoms with Crippen molar-refractivity contribution in [2.75, 3.05) is 6.54 Å². The Hall–Kier alpha value is -0.300. The van der Waals surface area contributed by atoms with Crippen LogP contribution < -0.4 is 5.73 Å². The molecule has 0 heterocycles. The van der Waals surface area contributed by atoms with Crippen LogP contribution in [0.3, 0.4) is 0 Å². The normalized spacial score (nSPS) is 5.83. The van der Waals surface area contributed by atoms with E-state index >= 15 is 0 Å².